The van der Waals surface area contributed by atoms with Gasteiger partial charge in [-0.25, -0.2) is 0 Å². The van der Waals surface area contributed by atoms with Crippen molar-refractivity contribution in [2.24, 2.45) is 5.92 Å². The highest BCUT2D eigenvalue weighted by Gasteiger charge is 2.26. The molecule has 2 N–H and O–H groups in total. The van der Waals surface area contributed by atoms with Crippen LogP contribution in [0.1, 0.15) is 26.7 Å². The summed E-state index contributed by atoms with van der Waals surface area (Å²) in [6.07, 6.45) is 1.60. The van der Waals surface area contributed by atoms with E-state index in [1.54, 1.807) is 4.90 Å². The van der Waals surface area contributed by atoms with Gasteiger partial charge < -0.3 is 15.3 Å². The number of nitrogens with one attached hydrogen (secondary N) is 1. The summed E-state index contributed by atoms with van der Waals surface area (Å²) in [5.74, 6) is 0.321. The molecule has 4 nitrogen and oxygen atoms in total. The molecule has 1 aliphatic rings. The Morgan fingerprint density at radius 2 is 2.40 bits per heavy atom. The summed E-state index contributed by atoms with van der Waals surface area (Å²) in [6.45, 7) is 6.64. The van der Waals surface area contributed by atoms with Crippen molar-refractivity contribution in [3.63, 3.8) is 0 Å². The second-order valence-corrected chi connectivity index (χ2v) is 4.29. The smallest absolute Gasteiger partial charge is 0.225 e. The standard InChI is InChI=1S/C11H22N2O2/c1-3-12-7-10(14)8-13-6-4-5-9(2)11(13)15/h9-10,12,14H,3-8H2,1-2H3. The summed E-state index contributed by atoms with van der Waals surface area (Å²) >= 11 is 0. The van der Waals surface area contributed by atoms with Crippen molar-refractivity contribution in [3.8, 4) is 0 Å². The topological polar surface area (TPSA) is 52.6 Å². The predicted molar refractivity (Wildman–Crippen MR) is 59.5 cm³/mol. The number of nitrogens with zero attached hydrogens (tertiary/aromatic N) is 1. The Balaban J connectivity index is 2.33. The minimum atomic E-state index is -0.445. The molecule has 0 saturated carbocycles. The Morgan fingerprint density at radius 1 is 1.67 bits per heavy atom. The fourth-order valence-electron chi connectivity index (χ4n) is 1.94. The molecule has 1 heterocycles. The Hall–Kier alpha value is -0.610. The van der Waals surface area contributed by atoms with E-state index < -0.39 is 6.10 Å². The van der Waals surface area contributed by atoms with E-state index in [-0.39, 0.29) is 11.8 Å². The highest BCUT2D eigenvalue weighted by atomic mass is 16.3. The number of carbonyl (C=O) groups excluding carboxylic acids is 1. The van der Waals surface area contributed by atoms with E-state index >= 15 is 0 Å². The molecule has 0 aromatic heterocycles. The summed E-state index contributed by atoms with van der Waals surface area (Å²) in [6, 6.07) is 0. The summed E-state index contributed by atoms with van der Waals surface area (Å²) in [5.41, 5.74) is 0. The van der Waals surface area contributed by atoms with Crippen LogP contribution in [0, 0.1) is 5.92 Å². The van der Waals surface area contributed by atoms with Crippen LogP contribution in [0.5, 0.6) is 0 Å². The van der Waals surface area contributed by atoms with E-state index in [1.165, 1.54) is 0 Å². The first-order valence-corrected chi connectivity index (χ1v) is 5.82. The van der Waals surface area contributed by atoms with E-state index in [0.717, 1.165) is 25.9 Å². The van der Waals surface area contributed by atoms with Crippen LogP contribution >= 0.6 is 0 Å². The maximum atomic E-state index is 11.7. The van der Waals surface area contributed by atoms with E-state index in [9.17, 15) is 9.90 Å². The first-order valence-electron chi connectivity index (χ1n) is 5.82. The lowest BCUT2D eigenvalue weighted by Crippen LogP contribution is -2.46. The lowest BCUT2D eigenvalue weighted by atomic mass is 9.99. The zero-order chi connectivity index (χ0) is 11.3. The summed E-state index contributed by atoms with van der Waals surface area (Å²) in [7, 11) is 0. The molecule has 0 radical (unpaired) electrons. The molecule has 2 atom stereocenters. The highest BCUT2D eigenvalue weighted by molar-refractivity contribution is 5.79. The van der Waals surface area contributed by atoms with Gasteiger partial charge in [0, 0.05) is 25.6 Å². The minimum Gasteiger partial charge on any atom is -0.390 e. The summed E-state index contributed by atoms with van der Waals surface area (Å²) in [4.78, 5) is 13.5. The summed E-state index contributed by atoms with van der Waals surface area (Å²) in [5, 5.41) is 12.8. The molecule has 1 amide bonds. The Kier molecular flexibility index (Phi) is 5.05. The molecule has 0 spiro atoms. The number of piperidine rings is 1. The van der Waals surface area contributed by atoms with E-state index in [2.05, 4.69) is 5.32 Å². The Bertz CT molecular complexity index is 209. The van der Waals surface area contributed by atoms with Crippen molar-refractivity contribution >= 4 is 5.91 Å². The van der Waals surface area contributed by atoms with Crippen LogP contribution in [0.2, 0.25) is 0 Å². The molecule has 88 valence electrons. The predicted octanol–water partition coefficient (Wildman–Crippen LogP) is 0.215. The molecule has 0 aliphatic carbocycles. The van der Waals surface area contributed by atoms with Gasteiger partial charge in [-0.05, 0) is 19.4 Å². The lowest BCUT2D eigenvalue weighted by Gasteiger charge is -2.32. The van der Waals surface area contributed by atoms with Crippen molar-refractivity contribution in [2.75, 3.05) is 26.2 Å². The van der Waals surface area contributed by atoms with E-state index in [0.29, 0.717) is 13.1 Å². The van der Waals surface area contributed by atoms with Crippen molar-refractivity contribution < 1.29 is 9.90 Å². The second kappa shape index (κ2) is 6.08. The van der Waals surface area contributed by atoms with Gasteiger partial charge >= 0.3 is 0 Å². The van der Waals surface area contributed by atoms with Crippen LogP contribution in [-0.2, 0) is 4.79 Å². The number of aliphatic hydroxyl groups excluding tert-OH is 1. The zero-order valence-corrected chi connectivity index (χ0v) is 9.70. The molecule has 0 aromatic carbocycles. The third-order valence-corrected chi connectivity index (χ3v) is 2.86. The van der Waals surface area contributed by atoms with Crippen molar-refractivity contribution in [1.29, 1.82) is 0 Å². The van der Waals surface area contributed by atoms with Gasteiger partial charge in [-0.15, -0.1) is 0 Å². The molecule has 1 aliphatic heterocycles. The number of likely N-dealkylation sites (N-methyl/N-ethyl adjacent to an activating group) is 1. The van der Waals surface area contributed by atoms with Gasteiger partial charge in [0.15, 0.2) is 0 Å². The molecule has 1 saturated heterocycles. The Morgan fingerprint density at radius 3 is 3.07 bits per heavy atom. The molecular weight excluding hydrogens is 192 g/mol. The quantitative estimate of drug-likeness (QED) is 0.688. The molecule has 1 rings (SSSR count). The molecule has 2 unspecified atom stereocenters. The number of aliphatic hydroxyl groups is 1. The van der Waals surface area contributed by atoms with Gasteiger partial charge in [0.05, 0.1) is 6.10 Å². The van der Waals surface area contributed by atoms with Gasteiger partial charge in [-0.3, -0.25) is 4.79 Å². The highest BCUT2D eigenvalue weighted by Crippen LogP contribution is 2.17. The van der Waals surface area contributed by atoms with Crippen molar-refractivity contribution in [2.45, 2.75) is 32.8 Å². The minimum absolute atomic E-state index is 0.130. The molecule has 15 heavy (non-hydrogen) atoms. The molecule has 4 heteroatoms. The molecule has 1 fully saturated rings. The number of hydrogen-bond acceptors (Lipinski definition) is 3. The van der Waals surface area contributed by atoms with Crippen LogP contribution in [0.3, 0.4) is 0 Å². The SMILES string of the molecule is CCNCC(O)CN1CCCC(C)C1=O. The first-order chi connectivity index (χ1) is 7.15. The largest absolute Gasteiger partial charge is 0.390 e. The second-order valence-electron chi connectivity index (χ2n) is 4.29. The van der Waals surface area contributed by atoms with Gasteiger partial charge in [-0.1, -0.05) is 13.8 Å². The third-order valence-electron chi connectivity index (χ3n) is 2.86. The monoisotopic (exact) mass is 214 g/mol. The van der Waals surface area contributed by atoms with Gasteiger partial charge in [-0.2, -0.15) is 0 Å². The fourth-order valence-corrected chi connectivity index (χ4v) is 1.94. The average Bonchev–Trinajstić information content (AvgIpc) is 2.22. The lowest BCUT2D eigenvalue weighted by molar-refractivity contribution is -0.139. The fraction of sp³-hybridized carbons (Fsp3) is 0.909. The Labute approximate surface area is 91.6 Å². The average molecular weight is 214 g/mol. The van der Waals surface area contributed by atoms with Crippen LogP contribution in [-0.4, -0.2) is 48.2 Å². The molecular formula is C11H22N2O2. The first kappa shape index (κ1) is 12.5. The maximum absolute atomic E-state index is 11.7. The van der Waals surface area contributed by atoms with Crippen LogP contribution < -0.4 is 5.32 Å². The van der Waals surface area contributed by atoms with Gasteiger partial charge in [0.2, 0.25) is 5.91 Å². The van der Waals surface area contributed by atoms with Crippen LogP contribution in [0.4, 0.5) is 0 Å². The maximum Gasteiger partial charge on any atom is 0.225 e. The normalized spacial score (nSPS) is 24.3. The third kappa shape index (κ3) is 3.80. The van der Waals surface area contributed by atoms with E-state index in [1.807, 2.05) is 13.8 Å². The number of hydrogen-bond donors (Lipinski definition) is 2. The van der Waals surface area contributed by atoms with Gasteiger partial charge in [0.1, 0.15) is 0 Å². The van der Waals surface area contributed by atoms with Crippen LogP contribution in [0.25, 0.3) is 0 Å². The van der Waals surface area contributed by atoms with Gasteiger partial charge in [0.25, 0.3) is 0 Å². The summed E-state index contributed by atoms with van der Waals surface area (Å²) < 4.78 is 0. The van der Waals surface area contributed by atoms with Crippen LogP contribution in [0.15, 0.2) is 0 Å². The number of carbonyl (C=O) groups is 1. The molecule has 0 aromatic rings. The van der Waals surface area contributed by atoms with Crippen molar-refractivity contribution in [3.05, 3.63) is 0 Å². The van der Waals surface area contributed by atoms with E-state index in [4.69, 9.17) is 0 Å². The zero-order valence-electron chi connectivity index (χ0n) is 9.70. The molecule has 0 bridgehead atoms. The number of amides is 1. The number of likely N-dealkylation sites (tertiary alicyclic amines) is 1. The number of β-amino-alcohol motifs (C(OH)–C–C–N with tert-alkyl or cyclic N) is 1. The number of rotatable bonds is 5. The van der Waals surface area contributed by atoms with Crippen molar-refractivity contribution in [1.82, 2.24) is 10.2 Å².